The number of nitrogens with zero attached hydrogens (tertiary/aromatic N) is 5. The molecular formula is C27H28N6O5. The van der Waals surface area contributed by atoms with Crippen LogP contribution in [0.4, 0.5) is 0 Å². The van der Waals surface area contributed by atoms with Gasteiger partial charge < -0.3 is 9.15 Å². The normalized spacial score (nSPS) is 11.5. The molecule has 0 aliphatic rings. The van der Waals surface area contributed by atoms with Gasteiger partial charge in [-0.3, -0.25) is 28.5 Å². The van der Waals surface area contributed by atoms with Crippen LogP contribution in [0.25, 0.3) is 33.7 Å². The molecule has 1 aromatic carbocycles. The highest BCUT2D eigenvalue weighted by atomic mass is 16.5. The van der Waals surface area contributed by atoms with Crippen LogP contribution in [0.5, 0.6) is 0 Å². The Balaban J connectivity index is 1.73. The number of fused-ring (bicyclic) bond motifs is 1. The summed E-state index contributed by atoms with van der Waals surface area (Å²) >= 11 is 0. The first kappa shape index (κ1) is 25.0. The van der Waals surface area contributed by atoms with Crippen molar-refractivity contribution in [3.63, 3.8) is 0 Å². The summed E-state index contributed by atoms with van der Waals surface area (Å²) in [5.74, 6) is 0.487. The maximum Gasteiger partial charge on any atom is 0.332 e. The molecule has 4 aromatic heterocycles. The van der Waals surface area contributed by atoms with Crippen LogP contribution in [0, 0.1) is 5.92 Å². The fraction of sp³-hybridized carbons (Fsp3) is 0.296. The zero-order valence-electron chi connectivity index (χ0n) is 21.6. The van der Waals surface area contributed by atoms with Crippen LogP contribution in [0.2, 0.25) is 0 Å². The standard InChI is InChI=1S/C27H28N6O5/c1-16(2)13-32-25-22(26(35)31(4)27(32)36)24(21-11-10-20(38-21)15-37-17(3)34)33(30-25)14-19-12-28-29-23(19)18-8-6-5-7-9-18/h5-12,16H,13-15H2,1-4H3,(H,28,29). The first-order valence-electron chi connectivity index (χ1n) is 12.3. The molecule has 11 heteroatoms. The van der Waals surface area contributed by atoms with Crippen LogP contribution in [-0.2, 0) is 36.3 Å². The molecule has 0 aliphatic carbocycles. The predicted molar refractivity (Wildman–Crippen MR) is 140 cm³/mol. The lowest BCUT2D eigenvalue weighted by molar-refractivity contribution is -0.142. The number of H-pyrrole nitrogens is 1. The van der Waals surface area contributed by atoms with Crippen molar-refractivity contribution in [2.45, 2.75) is 40.5 Å². The second-order valence-electron chi connectivity index (χ2n) is 9.53. The lowest BCUT2D eigenvalue weighted by Gasteiger charge is -2.10. The van der Waals surface area contributed by atoms with Crippen molar-refractivity contribution < 1.29 is 13.9 Å². The molecule has 0 aliphatic heterocycles. The van der Waals surface area contributed by atoms with Crippen molar-refractivity contribution in [2.24, 2.45) is 13.0 Å². The Morgan fingerprint density at radius 1 is 1.13 bits per heavy atom. The van der Waals surface area contributed by atoms with Gasteiger partial charge in [-0.15, -0.1) is 0 Å². The van der Waals surface area contributed by atoms with Crippen LogP contribution >= 0.6 is 0 Å². The lowest BCUT2D eigenvalue weighted by atomic mass is 10.1. The number of aromatic amines is 1. The largest absolute Gasteiger partial charge is 0.458 e. The molecule has 0 saturated carbocycles. The summed E-state index contributed by atoms with van der Waals surface area (Å²) in [6.07, 6.45) is 1.78. The Morgan fingerprint density at radius 2 is 1.89 bits per heavy atom. The lowest BCUT2D eigenvalue weighted by Crippen LogP contribution is -2.38. The SMILES string of the molecule is CC(=O)OCc1ccc(-c2c3c(=O)n(C)c(=O)n(CC(C)C)c3nn2Cc2c[nH]nc2-c2ccccc2)o1. The molecule has 0 spiro atoms. The van der Waals surface area contributed by atoms with E-state index in [1.54, 1.807) is 23.0 Å². The maximum atomic E-state index is 13.5. The Hall–Kier alpha value is -4.67. The number of esters is 1. The van der Waals surface area contributed by atoms with Gasteiger partial charge in [0.2, 0.25) is 0 Å². The summed E-state index contributed by atoms with van der Waals surface area (Å²) in [5, 5.41) is 12.4. The Bertz CT molecular complexity index is 1740. The van der Waals surface area contributed by atoms with E-state index in [2.05, 4.69) is 10.2 Å². The molecule has 38 heavy (non-hydrogen) atoms. The molecule has 0 bridgehead atoms. The smallest absolute Gasteiger partial charge is 0.332 e. The topological polar surface area (TPSA) is 130 Å². The Kier molecular flexibility index (Phi) is 6.58. The average Bonchev–Trinajstić information content (AvgIpc) is 3.63. The van der Waals surface area contributed by atoms with Gasteiger partial charge in [0.25, 0.3) is 5.56 Å². The number of aromatic nitrogens is 6. The molecule has 0 unspecified atom stereocenters. The summed E-state index contributed by atoms with van der Waals surface area (Å²) in [6.45, 7) is 5.90. The van der Waals surface area contributed by atoms with E-state index >= 15 is 0 Å². The Labute approximate surface area is 217 Å². The van der Waals surface area contributed by atoms with E-state index < -0.39 is 17.2 Å². The average molecular weight is 517 g/mol. The van der Waals surface area contributed by atoms with Gasteiger partial charge in [0.1, 0.15) is 23.4 Å². The number of carbonyl (C=O) groups excluding carboxylic acids is 1. The number of hydrogen-bond donors (Lipinski definition) is 1. The van der Waals surface area contributed by atoms with Gasteiger partial charge in [-0.2, -0.15) is 10.2 Å². The summed E-state index contributed by atoms with van der Waals surface area (Å²) < 4.78 is 15.4. The van der Waals surface area contributed by atoms with E-state index in [-0.39, 0.29) is 30.1 Å². The number of hydrogen-bond acceptors (Lipinski definition) is 7. The number of furan rings is 1. The first-order valence-corrected chi connectivity index (χ1v) is 12.3. The van der Waals surface area contributed by atoms with Crippen LogP contribution in [0.1, 0.15) is 32.1 Å². The van der Waals surface area contributed by atoms with E-state index in [0.717, 1.165) is 21.4 Å². The van der Waals surface area contributed by atoms with Crippen LogP contribution in [-0.4, -0.2) is 35.1 Å². The van der Waals surface area contributed by atoms with Crippen LogP contribution < -0.4 is 11.2 Å². The van der Waals surface area contributed by atoms with Gasteiger partial charge in [-0.25, -0.2) is 4.79 Å². The molecule has 0 fully saturated rings. The molecule has 0 amide bonds. The van der Waals surface area contributed by atoms with Crippen molar-refractivity contribution in [3.8, 4) is 22.7 Å². The zero-order chi connectivity index (χ0) is 27.0. The molecule has 0 radical (unpaired) electrons. The fourth-order valence-electron chi connectivity index (χ4n) is 4.45. The third-order valence-corrected chi connectivity index (χ3v) is 6.17. The number of benzene rings is 1. The van der Waals surface area contributed by atoms with Gasteiger partial charge in [0.15, 0.2) is 11.4 Å². The quantitative estimate of drug-likeness (QED) is 0.313. The minimum atomic E-state index is -0.473. The van der Waals surface area contributed by atoms with Gasteiger partial charge in [-0.05, 0) is 18.1 Å². The minimum absolute atomic E-state index is 0.0443. The number of carbonyl (C=O) groups is 1. The summed E-state index contributed by atoms with van der Waals surface area (Å²) in [5.41, 5.74) is 2.31. The minimum Gasteiger partial charge on any atom is -0.458 e. The van der Waals surface area contributed by atoms with E-state index in [9.17, 15) is 14.4 Å². The van der Waals surface area contributed by atoms with Crippen molar-refractivity contribution in [1.29, 1.82) is 0 Å². The van der Waals surface area contributed by atoms with E-state index in [0.29, 0.717) is 23.8 Å². The number of ether oxygens (including phenoxy) is 1. The molecule has 5 rings (SSSR count). The molecule has 4 heterocycles. The second kappa shape index (κ2) is 10.0. The molecule has 5 aromatic rings. The molecule has 0 atom stereocenters. The third-order valence-electron chi connectivity index (χ3n) is 6.17. The van der Waals surface area contributed by atoms with Crippen LogP contribution in [0.3, 0.4) is 0 Å². The zero-order valence-corrected chi connectivity index (χ0v) is 21.6. The summed E-state index contributed by atoms with van der Waals surface area (Å²) in [7, 11) is 1.46. The van der Waals surface area contributed by atoms with Crippen molar-refractivity contribution in [1.82, 2.24) is 29.1 Å². The highest BCUT2D eigenvalue weighted by molar-refractivity contribution is 5.89. The van der Waals surface area contributed by atoms with Crippen LogP contribution in [0.15, 0.2) is 62.7 Å². The van der Waals surface area contributed by atoms with Gasteiger partial charge in [-0.1, -0.05) is 44.2 Å². The first-order chi connectivity index (χ1) is 18.2. The Morgan fingerprint density at radius 3 is 2.61 bits per heavy atom. The fourth-order valence-corrected chi connectivity index (χ4v) is 4.45. The highest BCUT2D eigenvalue weighted by Gasteiger charge is 2.25. The number of nitrogens with one attached hydrogen (secondary N) is 1. The number of rotatable bonds is 8. The van der Waals surface area contributed by atoms with Crippen molar-refractivity contribution >= 4 is 17.0 Å². The van der Waals surface area contributed by atoms with Crippen molar-refractivity contribution in [2.75, 3.05) is 0 Å². The second-order valence-corrected chi connectivity index (χ2v) is 9.53. The molecule has 196 valence electrons. The van der Waals surface area contributed by atoms with Gasteiger partial charge in [0, 0.05) is 37.8 Å². The van der Waals surface area contributed by atoms with E-state index in [1.807, 2.05) is 44.2 Å². The summed E-state index contributed by atoms with van der Waals surface area (Å²) in [4.78, 5) is 37.9. The predicted octanol–water partition coefficient (Wildman–Crippen LogP) is 3.31. The maximum absolute atomic E-state index is 13.5. The molecule has 11 nitrogen and oxygen atoms in total. The molecule has 1 N–H and O–H groups in total. The molecular weight excluding hydrogens is 488 g/mol. The monoisotopic (exact) mass is 516 g/mol. The molecule has 0 saturated heterocycles. The summed E-state index contributed by atoms with van der Waals surface area (Å²) in [6, 6.07) is 13.1. The van der Waals surface area contributed by atoms with Crippen molar-refractivity contribution in [3.05, 3.63) is 80.8 Å². The van der Waals surface area contributed by atoms with Gasteiger partial charge >= 0.3 is 11.7 Å². The van der Waals surface area contributed by atoms with E-state index in [4.69, 9.17) is 14.3 Å². The third kappa shape index (κ3) is 4.58. The van der Waals surface area contributed by atoms with E-state index in [1.165, 1.54) is 18.5 Å². The van der Waals surface area contributed by atoms with Gasteiger partial charge in [0.05, 0.1) is 12.2 Å². The highest BCUT2D eigenvalue weighted by Crippen LogP contribution is 2.30.